The maximum Gasteiger partial charge on any atom is 0.163 e. The summed E-state index contributed by atoms with van der Waals surface area (Å²) < 4.78 is 0. The average Bonchev–Trinajstić information content (AvgIpc) is 2.25. The highest BCUT2D eigenvalue weighted by molar-refractivity contribution is 5.96. The lowest BCUT2D eigenvalue weighted by Crippen LogP contribution is -2.35. The van der Waals surface area contributed by atoms with Gasteiger partial charge in [0, 0.05) is 24.5 Å². The van der Waals surface area contributed by atoms with E-state index in [-0.39, 0.29) is 11.8 Å². The van der Waals surface area contributed by atoms with Crippen molar-refractivity contribution >= 4 is 12.1 Å². The van der Waals surface area contributed by atoms with Gasteiger partial charge in [0.05, 0.1) is 6.26 Å². The molecule has 1 fully saturated rings. The van der Waals surface area contributed by atoms with Crippen LogP contribution in [-0.2, 0) is 9.59 Å². The number of carbonyl (C=O) groups excluding carboxylic acids is 2. The van der Waals surface area contributed by atoms with E-state index < -0.39 is 0 Å². The van der Waals surface area contributed by atoms with Gasteiger partial charge in [-0.2, -0.15) is 0 Å². The summed E-state index contributed by atoms with van der Waals surface area (Å²) >= 11 is 0. The topological polar surface area (TPSA) is 66.4 Å². The van der Waals surface area contributed by atoms with Gasteiger partial charge < -0.3 is 15.2 Å². The number of aldehydes is 1. The fourth-order valence-electron chi connectivity index (χ4n) is 1.73. The van der Waals surface area contributed by atoms with Crippen LogP contribution in [-0.4, -0.2) is 29.8 Å². The SMILES string of the molecule is O=CCCCNC1CCC(=CO)C(=O)C1. The Balaban J connectivity index is 2.23. The van der Waals surface area contributed by atoms with Gasteiger partial charge in [-0.1, -0.05) is 0 Å². The number of allylic oxidation sites excluding steroid dienone is 1. The molecule has 0 aliphatic heterocycles. The number of ketones is 1. The quantitative estimate of drug-likeness (QED) is 0.309. The summed E-state index contributed by atoms with van der Waals surface area (Å²) in [5.41, 5.74) is 0.529. The molecule has 0 amide bonds. The summed E-state index contributed by atoms with van der Waals surface area (Å²) in [4.78, 5) is 21.5. The number of unbranched alkanes of at least 4 members (excludes halogenated alkanes) is 1. The zero-order valence-corrected chi connectivity index (χ0v) is 8.74. The second-order valence-corrected chi connectivity index (χ2v) is 3.78. The van der Waals surface area contributed by atoms with Crippen LogP contribution in [0, 0.1) is 0 Å². The highest BCUT2D eigenvalue weighted by Crippen LogP contribution is 2.19. The van der Waals surface area contributed by atoms with Crippen LogP contribution in [0.25, 0.3) is 0 Å². The van der Waals surface area contributed by atoms with E-state index in [0.717, 1.165) is 31.9 Å². The lowest BCUT2D eigenvalue weighted by atomic mass is 9.90. The molecule has 1 aliphatic rings. The molecule has 2 N–H and O–H groups in total. The van der Waals surface area contributed by atoms with Gasteiger partial charge in [0.15, 0.2) is 5.78 Å². The van der Waals surface area contributed by atoms with Gasteiger partial charge in [0.1, 0.15) is 6.29 Å². The number of Topliss-reactive ketones (excluding diaryl/α,β-unsaturated/α-hetero) is 1. The number of rotatable bonds is 5. The van der Waals surface area contributed by atoms with E-state index in [9.17, 15) is 9.59 Å². The van der Waals surface area contributed by atoms with Crippen molar-refractivity contribution in [2.24, 2.45) is 0 Å². The Kier molecular flexibility index (Phi) is 5.04. The van der Waals surface area contributed by atoms with Crippen LogP contribution < -0.4 is 5.32 Å². The number of aliphatic hydroxyl groups excluding tert-OH is 1. The van der Waals surface area contributed by atoms with E-state index in [1.165, 1.54) is 0 Å². The number of hydrogen-bond donors (Lipinski definition) is 2. The molecular weight excluding hydrogens is 194 g/mol. The molecule has 1 rings (SSSR count). The van der Waals surface area contributed by atoms with E-state index in [1.807, 2.05) is 0 Å². The maximum absolute atomic E-state index is 11.4. The Morgan fingerprint density at radius 3 is 2.93 bits per heavy atom. The van der Waals surface area contributed by atoms with Crippen LogP contribution in [0.4, 0.5) is 0 Å². The predicted molar refractivity (Wildman–Crippen MR) is 56.7 cm³/mol. The molecule has 1 aliphatic carbocycles. The maximum atomic E-state index is 11.4. The van der Waals surface area contributed by atoms with Crippen LogP contribution >= 0.6 is 0 Å². The first-order valence-corrected chi connectivity index (χ1v) is 5.31. The smallest absolute Gasteiger partial charge is 0.163 e. The molecule has 1 saturated carbocycles. The molecule has 0 aromatic heterocycles. The normalized spacial score (nSPS) is 24.4. The summed E-state index contributed by atoms with van der Waals surface area (Å²) in [7, 11) is 0. The third-order valence-electron chi connectivity index (χ3n) is 2.64. The van der Waals surface area contributed by atoms with Gasteiger partial charge in [-0.15, -0.1) is 0 Å². The van der Waals surface area contributed by atoms with Crippen molar-refractivity contribution in [2.75, 3.05) is 6.54 Å². The molecule has 0 saturated heterocycles. The lowest BCUT2D eigenvalue weighted by Gasteiger charge is -2.23. The monoisotopic (exact) mass is 211 g/mol. The molecule has 4 heteroatoms. The van der Waals surface area contributed by atoms with Crippen molar-refractivity contribution in [3.05, 3.63) is 11.8 Å². The van der Waals surface area contributed by atoms with E-state index in [4.69, 9.17) is 5.11 Å². The molecule has 0 bridgehead atoms. The van der Waals surface area contributed by atoms with Crippen LogP contribution in [0.3, 0.4) is 0 Å². The summed E-state index contributed by atoms with van der Waals surface area (Å²) in [5, 5.41) is 12.0. The van der Waals surface area contributed by atoms with Gasteiger partial charge in [-0.3, -0.25) is 4.79 Å². The summed E-state index contributed by atoms with van der Waals surface area (Å²) in [5.74, 6) is 0.0247. The van der Waals surface area contributed by atoms with Gasteiger partial charge in [-0.05, 0) is 25.8 Å². The van der Waals surface area contributed by atoms with Crippen molar-refractivity contribution in [3.8, 4) is 0 Å². The van der Waals surface area contributed by atoms with Crippen LogP contribution in [0.5, 0.6) is 0 Å². The summed E-state index contributed by atoms with van der Waals surface area (Å²) in [6.07, 6.45) is 5.17. The molecule has 84 valence electrons. The van der Waals surface area contributed by atoms with E-state index >= 15 is 0 Å². The van der Waals surface area contributed by atoms with E-state index in [0.29, 0.717) is 24.8 Å². The standard InChI is InChI=1S/C11H17NO3/c13-6-2-1-5-12-10-4-3-9(8-14)11(15)7-10/h6,8,10,12,14H,1-5,7H2. The van der Waals surface area contributed by atoms with Crippen molar-refractivity contribution < 1.29 is 14.7 Å². The van der Waals surface area contributed by atoms with Gasteiger partial charge in [-0.25, -0.2) is 0 Å². The predicted octanol–water partition coefficient (Wildman–Crippen LogP) is 1.12. The minimum atomic E-state index is 0.0247. The molecule has 0 heterocycles. The second kappa shape index (κ2) is 6.35. The third kappa shape index (κ3) is 3.83. The first-order valence-electron chi connectivity index (χ1n) is 5.31. The molecule has 0 radical (unpaired) electrons. The van der Waals surface area contributed by atoms with Crippen molar-refractivity contribution in [1.29, 1.82) is 0 Å². The fraction of sp³-hybridized carbons (Fsp3) is 0.636. The number of nitrogens with one attached hydrogen (secondary N) is 1. The van der Waals surface area contributed by atoms with Gasteiger partial charge >= 0.3 is 0 Å². The van der Waals surface area contributed by atoms with E-state index in [2.05, 4.69) is 5.32 Å². The molecule has 0 aromatic carbocycles. The fourth-order valence-corrected chi connectivity index (χ4v) is 1.73. The average molecular weight is 211 g/mol. The Labute approximate surface area is 89.4 Å². The van der Waals surface area contributed by atoms with E-state index in [1.54, 1.807) is 0 Å². The number of aliphatic hydroxyl groups is 1. The van der Waals surface area contributed by atoms with Crippen molar-refractivity contribution in [1.82, 2.24) is 5.32 Å². The molecular formula is C11H17NO3. The van der Waals surface area contributed by atoms with Gasteiger partial charge in [0.25, 0.3) is 0 Å². The molecule has 4 nitrogen and oxygen atoms in total. The number of carbonyl (C=O) groups is 2. The van der Waals surface area contributed by atoms with Gasteiger partial charge in [0.2, 0.25) is 0 Å². The highest BCUT2D eigenvalue weighted by Gasteiger charge is 2.22. The van der Waals surface area contributed by atoms with Crippen LogP contribution in [0.1, 0.15) is 32.1 Å². The van der Waals surface area contributed by atoms with Crippen LogP contribution in [0.2, 0.25) is 0 Å². The zero-order chi connectivity index (χ0) is 11.1. The Bertz CT molecular complexity index is 261. The minimum absolute atomic E-state index is 0.0247. The molecule has 0 spiro atoms. The lowest BCUT2D eigenvalue weighted by molar-refractivity contribution is -0.117. The third-order valence-corrected chi connectivity index (χ3v) is 2.64. The summed E-state index contributed by atoms with van der Waals surface area (Å²) in [6, 6.07) is 0.202. The molecule has 1 unspecified atom stereocenters. The first-order chi connectivity index (χ1) is 7.27. The molecule has 15 heavy (non-hydrogen) atoms. The van der Waals surface area contributed by atoms with Crippen molar-refractivity contribution in [2.45, 2.75) is 38.1 Å². The molecule has 1 atom stereocenters. The summed E-state index contributed by atoms with van der Waals surface area (Å²) in [6.45, 7) is 0.773. The van der Waals surface area contributed by atoms with Crippen LogP contribution in [0.15, 0.2) is 11.8 Å². The highest BCUT2D eigenvalue weighted by atomic mass is 16.2. The largest absolute Gasteiger partial charge is 0.515 e. The minimum Gasteiger partial charge on any atom is -0.515 e. The molecule has 0 aromatic rings. The Morgan fingerprint density at radius 1 is 1.53 bits per heavy atom. The Morgan fingerprint density at radius 2 is 2.33 bits per heavy atom. The second-order valence-electron chi connectivity index (χ2n) is 3.78. The zero-order valence-electron chi connectivity index (χ0n) is 8.74. The first kappa shape index (κ1) is 11.9. The van der Waals surface area contributed by atoms with Crippen molar-refractivity contribution in [3.63, 3.8) is 0 Å². The Hall–Kier alpha value is -1.16. The number of hydrogen-bond acceptors (Lipinski definition) is 4.